The Bertz CT molecular complexity index is 1240. The number of primary amides is 1. The number of furan rings is 1. The Labute approximate surface area is 191 Å². The van der Waals surface area contributed by atoms with E-state index in [-0.39, 0.29) is 19.1 Å². The van der Waals surface area contributed by atoms with Crippen LogP contribution in [0.3, 0.4) is 0 Å². The van der Waals surface area contributed by atoms with Gasteiger partial charge in [0, 0.05) is 5.56 Å². The van der Waals surface area contributed by atoms with Crippen LogP contribution >= 0.6 is 0 Å². The molecule has 0 aliphatic heterocycles. The molecular weight excluding hydrogens is 422 g/mol. The molecule has 0 atom stereocenters. The first-order valence-corrected chi connectivity index (χ1v) is 10.6. The molecule has 0 fully saturated rings. The quantitative estimate of drug-likeness (QED) is 0.389. The summed E-state index contributed by atoms with van der Waals surface area (Å²) in [6.45, 7) is 6.42. The van der Waals surface area contributed by atoms with Gasteiger partial charge in [-0.25, -0.2) is 0 Å². The molecule has 170 valence electrons. The zero-order valence-corrected chi connectivity index (χ0v) is 18.7. The van der Waals surface area contributed by atoms with Crippen LogP contribution in [0.5, 0.6) is 11.5 Å². The van der Waals surface area contributed by atoms with Gasteiger partial charge >= 0.3 is 0 Å². The molecule has 0 saturated heterocycles. The number of ether oxygens (including phenoxy) is 2. The van der Waals surface area contributed by atoms with E-state index in [1.165, 1.54) is 0 Å². The number of carbonyl (C=O) groups excluding carboxylic acids is 1. The van der Waals surface area contributed by atoms with Crippen molar-refractivity contribution >= 4 is 5.91 Å². The molecule has 2 heterocycles. The minimum atomic E-state index is -0.538. The van der Waals surface area contributed by atoms with Crippen LogP contribution in [0.2, 0.25) is 0 Å². The largest absolute Gasteiger partial charge is 0.485 e. The van der Waals surface area contributed by atoms with E-state index in [0.29, 0.717) is 29.0 Å². The number of carbonyl (C=O) groups is 1. The maximum absolute atomic E-state index is 10.8. The lowest BCUT2D eigenvalue weighted by atomic mass is 10.0. The van der Waals surface area contributed by atoms with E-state index < -0.39 is 5.91 Å². The summed E-state index contributed by atoms with van der Waals surface area (Å²) in [4.78, 5) is 15.2. The topological polar surface area (TPSA) is 114 Å². The van der Waals surface area contributed by atoms with E-state index in [1.807, 2.05) is 19.1 Å². The van der Waals surface area contributed by atoms with Crippen LogP contribution in [0.25, 0.3) is 23.0 Å². The smallest absolute Gasteiger partial charge is 0.293 e. The maximum atomic E-state index is 10.8. The summed E-state index contributed by atoms with van der Waals surface area (Å²) >= 11 is 0. The van der Waals surface area contributed by atoms with Crippen LogP contribution in [0.1, 0.15) is 36.7 Å². The number of rotatable bonds is 9. The van der Waals surface area contributed by atoms with E-state index in [2.05, 4.69) is 36.1 Å². The number of aromatic nitrogens is 2. The van der Waals surface area contributed by atoms with Gasteiger partial charge in [0.15, 0.2) is 12.4 Å². The summed E-state index contributed by atoms with van der Waals surface area (Å²) in [5.74, 6) is 2.97. The second-order valence-electron chi connectivity index (χ2n) is 7.95. The average molecular weight is 447 g/mol. The third kappa shape index (κ3) is 5.41. The highest BCUT2D eigenvalue weighted by atomic mass is 16.5. The first-order valence-electron chi connectivity index (χ1n) is 10.6. The standard InChI is InChI=1S/C25H25N3O5/c1-15(2)20-10-4-16(3)12-22(20)31-13-19-9-11-21(32-19)25-27-24(28-33-25)17-5-7-18(8-6-17)30-14-23(26)29/h4-12,15H,13-14H2,1-3H3,(H2,26,29). The summed E-state index contributed by atoms with van der Waals surface area (Å²) < 4.78 is 22.5. The van der Waals surface area contributed by atoms with Crippen molar-refractivity contribution in [2.75, 3.05) is 6.61 Å². The van der Waals surface area contributed by atoms with Crippen LogP contribution in [0, 0.1) is 6.92 Å². The Balaban J connectivity index is 1.43. The molecule has 0 spiro atoms. The number of hydrogen-bond donors (Lipinski definition) is 1. The molecule has 0 aliphatic carbocycles. The van der Waals surface area contributed by atoms with Crippen molar-refractivity contribution in [2.24, 2.45) is 5.73 Å². The number of nitrogens with zero attached hydrogens (tertiary/aromatic N) is 2. The molecule has 8 heteroatoms. The number of hydrogen-bond acceptors (Lipinski definition) is 7. The van der Waals surface area contributed by atoms with E-state index >= 15 is 0 Å². The Kier molecular flexibility index (Phi) is 6.44. The predicted molar refractivity (Wildman–Crippen MR) is 122 cm³/mol. The molecule has 1 amide bonds. The highest BCUT2D eigenvalue weighted by molar-refractivity contribution is 5.75. The molecule has 2 aromatic carbocycles. The number of aryl methyl sites for hydroxylation is 1. The minimum Gasteiger partial charge on any atom is -0.485 e. The van der Waals surface area contributed by atoms with Gasteiger partial charge in [-0.3, -0.25) is 4.79 Å². The molecule has 2 aromatic heterocycles. The van der Waals surface area contributed by atoms with E-state index in [9.17, 15) is 4.79 Å². The van der Waals surface area contributed by atoms with E-state index in [0.717, 1.165) is 22.4 Å². The Morgan fingerprint density at radius 3 is 2.58 bits per heavy atom. The van der Waals surface area contributed by atoms with E-state index in [1.54, 1.807) is 30.3 Å². The average Bonchev–Trinajstić information content (AvgIpc) is 3.46. The van der Waals surface area contributed by atoms with Crippen LogP contribution in [-0.2, 0) is 11.4 Å². The van der Waals surface area contributed by atoms with Gasteiger partial charge < -0.3 is 24.1 Å². The lowest BCUT2D eigenvalue weighted by Crippen LogP contribution is -2.19. The van der Waals surface area contributed by atoms with Crippen molar-refractivity contribution in [1.29, 1.82) is 0 Å². The summed E-state index contributed by atoms with van der Waals surface area (Å²) in [7, 11) is 0. The van der Waals surface area contributed by atoms with Crippen molar-refractivity contribution in [3.8, 4) is 34.5 Å². The summed E-state index contributed by atoms with van der Waals surface area (Å²) in [5.41, 5.74) is 8.10. The van der Waals surface area contributed by atoms with Gasteiger partial charge in [-0.2, -0.15) is 4.98 Å². The molecule has 0 bridgehead atoms. The Morgan fingerprint density at radius 1 is 1.06 bits per heavy atom. The second kappa shape index (κ2) is 9.60. The number of benzene rings is 2. The minimum absolute atomic E-state index is 0.182. The zero-order chi connectivity index (χ0) is 23.4. The molecule has 0 saturated carbocycles. The third-order valence-corrected chi connectivity index (χ3v) is 4.95. The van der Waals surface area contributed by atoms with E-state index in [4.69, 9.17) is 24.1 Å². The van der Waals surface area contributed by atoms with Crippen molar-refractivity contribution in [2.45, 2.75) is 33.3 Å². The van der Waals surface area contributed by atoms with Crippen LogP contribution in [0.15, 0.2) is 63.5 Å². The van der Waals surface area contributed by atoms with Gasteiger partial charge in [0.2, 0.25) is 5.82 Å². The molecule has 2 N–H and O–H groups in total. The Morgan fingerprint density at radius 2 is 1.85 bits per heavy atom. The number of amides is 1. The fourth-order valence-corrected chi connectivity index (χ4v) is 3.26. The molecule has 4 aromatic rings. The molecule has 0 aliphatic rings. The molecule has 0 radical (unpaired) electrons. The van der Waals surface area contributed by atoms with Gasteiger partial charge in [0.1, 0.15) is 23.9 Å². The molecule has 33 heavy (non-hydrogen) atoms. The highest BCUT2D eigenvalue weighted by Crippen LogP contribution is 2.29. The van der Waals surface area contributed by atoms with Gasteiger partial charge in [-0.1, -0.05) is 31.1 Å². The third-order valence-electron chi connectivity index (χ3n) is 4.95. The van der Waals surface area contributed by atoms with Gasteiger partial charge in [-0.15, -0.1) is 0 Å². The van der Waals surface area contributed by atoms with Crippen molar-refractivity contribution in [1.82, 2.24) is 10.1 Å². The van der Waals surface area contributed by atoms with Gasteiger partial charge in [0.25, 0.3) is 11.8 Å². The fourth-order valence-electron chi connectivity index (χ4n) is 3.26. The number of nitrogens with two attached hydrogens (primary N) is 1. The predicted octanol–water partition coefficient (Wildman–Crippen LogP) is 4.87. The van der Waals surface area contributed by atoms with Crippen LogP contribution in [0.4, 0.5) is 0 Å². The van der Waals surface area contributed by atoms with Gasteiger partial charge in [-0.05, 0) is 66.4 Å². The molecule has 4 rings (SSSR count). The first kappa shape index (κ1) is 22.1. The lowest BCUT2D eigenvalue weighted by Gasteiger charge is -2.14. The SMILES string of the molecule is Cc1ccc(C(C)C)c(OCc2ccc(-c3nc(-c4ccc(OCC(N)=O)cc4)no3)o2)c1. The molecule has 0 unspecified atom stereocenters. The van der Waals surface area contributed by atoms with Crippen molar-refractivity contribution in [3.63, 3.8) is 0 Å². The van der Waals surface area contributed by atoms with Gasteiger partial charge in [0.05, 0.1) is 0 Å². The van der Waals surface area contributed by atoms with Crippen molar-refractivity contribution < 1.29 is 23.2 Å². The monoisotopic (exact) mass is 447 g/mol. The summed E-state index contributed by atoms with van der Waals surface area (Å²) in [6, 6.07) is 16.8. The Hall–Kier alpha value is -4.07. The second-order valence-corrected chi connectivity index (χ2v) is 7.95. The maximum Gasteiger partial charge on any atom is 0.293 e. The summed E-state index contributed by atoms with van der Waals surface area (Å²) in [5, 5.41) is 4.02. The fraction of sp³-hybridized carbons (Fsp3) is 0.240. The zero-order valence-electron chi connectivity index (χ0n) is 18.7. The first-order chi connectivity index (χ1) is 15.9. The summed E-state index contributed by atoms with van der Waals surface area (Å²) in [6.07, 6.45) is 0. The molecular formula is C25H25N3O5. The van der Waals surface area contributed by atoms with Crippen molar-refractivity contribution in [3.05, 3.63) is 71.5 Å². The van der Waals surface area contributed by atoms with Crippen LogP contribution in [-0.4, -0.2) is 22.7 Å². The normalized spacial score (nSPS) is 11.0. The highest BCUT2D eigenvalue weighted by Gasteiger charge is 2.15. The van der Waals surface area contributed by atoms with Crippen LogP contribution < -0.4 is 15.2 Å². The molecule has 8 nitrogen and oxygen atoms in total. The lowest BCUT2D eigenvalue weighted by molar-refractivity contribution is -0.119.